The molecule has 0 unspecified atom stereocenters. The number of nitrogens with zero attached hydrogens (tertiary/aromatic N) is 3. The van der Waals surface area contributed by atoms with Gasteiger partial charge in [0.1, 0.15) is 5.75 Å². The Bertz CT molecular complexity index is 597. The van der Waals surface area contributed by atoms with Crippen molar-refractivity contribution < 1.29 is 4.74 Å². The SMILES string of the molecule is CCOc1cc(C)ccc1CNC(=NC)NCCCCN1CCN(CC)CC1. The molecule has 1 saturated heterocycles. The second-order valence-corrected chi connectivity index (χ2v) is 7.38. The summed E-state index contributed by atoms with van der Waals surface area (Å²) in [5, 5.41) is 6.83. The highest BCUT2D eigenvalue weighted by atomic mass is 16.5. The van der Waals surface area contributed by atoms with Gasteiger partial charge in [-0.25, -0.2) is 0 Å². The number of aryl methyl sites for hydroxylation is 1. The largest absolute Gasteiger partial charge is 0.494 e. The van der Waals surface area contributed by atoms with Gasteiger partial charge in [-0.3, -0.25) is 4.99 Å². The van der Waals surface area contributed by atoms with Crippen LogP contribution in [0.15, 0.2) is 23.2 Å². The van der Waals surface area contributed by atoms with Gasteiger partial charge in [0.25, 0.3) is 0 Å². The van der Waals surface area contributed by atoms with Crippen molar-refractivity contribution in [1.29, 1.82) is 0 Å². The van der Waals surface area contributed by atoms with Crippen molar-refractivity contribution in [3.63, 3.8) is 0 Å². The van der Waals surface area contributed by atoms with Crippen LogP contribution in [0.25, 0.3) is 0 Å². The zero-order valence-corrected chi connectivity index (χ0v) is 18.3. The van der Waals surface area contributed by atoms with Crippen LogP contribution < -0.4 is 15.4 Å². The van der Waals surface area contributed by atoms with Gasteiger partial charge in [-0.05, 0) is 51.4 Å². The molecule has 0 radical (unpaired) electrons. The first-order chi connectivity index (χ1) is 13.7. The smallest absolute Gasteiger partial charge is 0.191 e. The molecular formula is C22H39N5O. The molecule has 1 aliphatic rings. The topological polar surface area (TPSA) is 52.1 Å². The van der Waals surface area contributed by atoms with E-state index in [9.17, 15) is 0 Å². The summed E-state index contributed by atoms with van der Waals surface area (Å²) in [6, 6.07) is 6.34. The molecule has 1 aromatic carbocycles. The van der Waals surface area contributed by atoms with Crippen molar-refractivity contribution in [2.75, 3.05) is 59.5 Å². The van der Waals surface area contributed by atoms with Crippen LogP contribution in [0, 0.1) is 6.92 Å². The van der Waals surface area contributed by atoms with Crippen molar-refractivity contribution in [3.05, 3.63) is 29.3 Å². The van der Waals surface area contributed by atoms with E-state index in [1.54, 1.807) is 0 Å². The number of likely N-dealkylation sites (N-methyl/N-ethyl adjacent to an activating group) is 1. The number of piperazine rings is 1. The molecule has 2 rings (SSSR count). The van der Waals surface area contributed by atoms with Crippen molar-refractivity contribution in [2.24, 2.45) is 4.99 Å². The van der Waals surface area contributed by atoms with Crippen molar-refractivity contribution in [1.82, 2.24) is 20.4 Å². The van der Waals surface area contributed by atoms with Crippen LogP contribution in [0.3, 0.4) is 0 Å². The zero-order valence-electron chi connectivity index (χ0n) is 18.3. The summed E-state index contributed by atoms with van der Waals surface area (Å²) >= 11 is 0. The Morgan fingerprint density at radius 1 is 1.07 bits per heavy atom. The third-order valence-electron chi connectivity index (χ3n) is 5.30. The van der Waals surface area contributed by atoms with Gasteiger partial charge in [-0.1, -0.05) is 19.1 Å². The van der Waals surface area contributed by atoms with Crippen LogP contribution in [-0.2, 0) is 6.54 Å². The molecule has 0 amide bonds. The maximum atomic E-state index is 5.76. The van der Waals surface area contributed by atoms with Crippen LogP contribution >= 0.6 is 0 Å². The molecule has 28 heavy (non-hydrogen) atoms. The summed E-state index contributed by atoms with van der Waals surface area (Å²) in [4.78, 5) is 9.45. The number of guanidine groups is 1. The fourth-order valence-electron chi connectivity index (χ4n) is 3.49. The standard InChI is InChI=1S/C22H39N5O/c1-5-26-13-15-27(16-14-26)12-8-7-11-24-22(23-4)25-18-20-10-9-19(3)17-21(20)28-6-2/h9-10,17H,5-8,11-16,18H2,1-4H3,(H2,23,24,25). The Morgan fingerprint density at radius 2 is 1.82 bits per heavy atom. The summed E-state index contributed by atoms with van der Waals surface area (Å²) in [5.74, 6) is 1.80. The summed E-state index contributed by atoms with van der Waals surface area (Å²) < 4.78 is 5.76. The molecule has 6 heteroatoms. The number of nitrogens with one attached hydrogen (secondary N) is 2. The van der Waals surface area contributed by atoms with E-state index in [-0.39, 0.29) is 0 Å². The second kappa shape index (κ2) is 12.6. The first kappa shape index (κ1) is 22.5. The average molecular weight is 390 g/mol. The molecule has 1 aromatic rings. The number of hydrogen-bond donors (Lipinski definition) is 2. The predicted octanol–water partition coefficient (Wildman–Crippen LogP) is 2.48. The summed E-state index contributed by atoms with van der Waals surface area (Å²) in [6.45, 7) is 15.9. The van der Waals surface area contributed by atoms with E-state index in [1.165, 1.54) is 51.3 Å². The highest BCUT2D eigenvalue weighted by molar-refractivity contribution is 5.79. The second-order valence-electron chi connectivity index (χ2n) is 7.38. The first-order valence-electron chi connectivity index (χ1n) is 10.8. The first-order valence-corrected chi connectivity index (χ1v) is 10.8. The molecule has 0 saturated carbocycles. The minimum atomic E-state index is 0.678. The Kier molecular flexibility index (Phi) is 10.1. The fourth-order valence-corrected chi connectivity index (χ4v) is 3.49. The maximum absolute atomic E-state index is 5.76. The Balaban J connectivity index is 1.64. The molecule has 1 fully saturated rings. The number of hydrogen-bond acceptors (Lipinski definition) is 4. The molecule has 2 N–H and O–H groups in total. The molecule has 1 aliphatic heterocycles. The van der Waals surface area contributed by atoms with E-state index in [2.05, 4.69) is 57.5 Å². The lowest BCUT2D eigenvalue weighted by molar-refractivity contribution is 0.136. The van der Waals surface area contributed by atoms with E-state index in [1.807, 2.05) is 14.0 Å². The highest BCUT2D eigenvalue weighted by Crippen LogP contribution is 2.20. The summed E-state index contributed by atoms with van der Waals surface area (Å²) in [7, 11) is 1.82. The van der Waals surface area contributed by atoms with E-state index in [0.29, 0.717) is 13.2 Å². The van der Waals surface area contributed by atoms with Gasteiger partial charge < -0.3 is 25.2 Å². The van der Waals surface area contributed by atoms with Crippen molar-refractivity contribution >= 4 is 5.96 Å². The maximum Gasteiger partial charge on any atom is 0.191 e. The Labute approximate surface area is 171 Å². The van der Waals surface area contributed by atoms with Crippen molar-refractivity contribution in [3.8, 4) is 5.75 Å². The molecule has 0 aliphatic carbocycles. The molecule has 158 valence electrons. The summed E-state index contributed by atoms with van der Waals surface area (Å²) in [6.07, 6.45) is 2.38. The number of unbranched alkanes of at least 4 members (excludes halogenated alkanes) is 1. The quantitative estimate of drug-likeness (QED) is 0.366. The molecule has 0 aromatic heterocycles. The predicted molar refractivity (Wildman–Crippen MR) is 118 cm³/mol. The Hall–Kier alpha value is -1.79. The third-order valence-corrected chi connectivity index (χ3v) is 5.30. The fraction of sp³-hybridized carbons (Fsp3) is 0.682. The van der Waals surface area contributed by atoms with Crippen LogP contribution in [0.4, 0.5) is 0 Å². The molecular weight excluding hydrogens is 350 g/mol. The molecule has 0 spiro atoms. The van der Waals surface area contributed by atoms with Crippen LogP contribution in [0.1, 0.15) is 37.8 Å². The van der Waals surface area contributed by atoms with Crippen LogP contribution in [0.5, 0.6) is 5.75 Å². The van der Waals surface area contributed by atoms with Gasteiger partial charge in [0.05, 0.1) is 6.61 Å². The number of benzene rings is 1. The van der Waals surface area contributed by atoms with Gasteiger partial charge in [0.15, 0.2) is 5.96 Å². The van der Waals surface area contributed by atoms with Crippen LogP contribution in [0.2, 0.25) is 0 Å². The monoisotopic (exact) mass is 389 g/mol. The lowest BCUT2D eigenvalue weighted by atomic mass is 10.1. The summed E-state index contributed by atoms with van der Waals surface area (Å²) in [5.41, 5.74) is 2.37. The lowest BCUT2D eigenvalue weighted by Crippen LogP contribution is -2.46. The normalized spacial score (nSPS) is 16.2. The van der Waals surface area contributed by atoms with Crippen LogP contribution in [-0.4, -0.2) is 75.2 Å². The van der Waals surface area contributed by atoms with Gasteiger partial charge in [-0.15, -0.1) is 0 Å². The van der Waals surface area contributed by atoms with E-state index in [0.717, 1.165) is 30.2 Å². The van der Waals surface area contributed by atoms with Gasteiger partial charge >= 0.3 is 0 Å². The van der Waals surface area contributed by atoms with Gasteiger partial charge in [0.2, 0.25) is 0 Å². The lowest BCUT2D eigenvalue weighted by Gasteiger charge is -2.34. The minimum absolute atomic E-state index is 0.678. The van der Waals surface area contributed by atoms with E-state index < -0.39 is 0 Å². The van der Waals surface area contributed by atoms with E-state index >= 15 is 0 Å². The number of aliphatic imine (C=N–C) groups is 1. The third kappa shape index (κ3) is 7.68. The van der Waals surface area contributed by atoms with Crippen molar-refractivity contribution in [2.45, 2.75) is 40.2 Å². The molecule has 6 nitrogen and oxygen atoms in total. The highest BCUT2D eigenvalue weighted by Gasteiger charge is 2.14. The Morgan fingerprint density at radius 3 is 2.50 bits per heavy atom. The minimum Gasteiger partial charge on any atom is -0.494 e. The zero-order chi connectivity index (χ0) is 20.2. The molecule has 1 heterocycles. The average Bonchev–Trinajstić information content (AvgIpc) is 2.72. The van der Waals surface area contributed by atoms with Gasteiger partial charge in [-0.2, -0.15) is 0 Å². The van der Waals surface area contributed by atoms with E-state index in [4.69, 9.17) is 4.74 Å². The molecule has 0 bridgehead atoms. The number of ether oxygens (including phenoxy) is 1. The number of rotatable bonds is 10. The molecule has 0 atom stereocenters. The van der Waals surface area contributed by atoms with Gasteiger partial charge in [0, 0.05) is 51.9 Å².